The van der Waals surface area contributed by atoms with Gasteiger partial charge in [-0.1, -0.05) is 6.92 Å². The van der Waals surface area contributed by atoms with Crippen LogP contribution in [0, 0.1) is 5.41 Å². The van der Waals surface area contributed by atoms with Crippen molar-refractivity contribution < 1.29 is 4.79 Å². The van der Waals surface area contributed by atoms with E-state index in [1.165, 1.54) is 0 Å². The lowest BCUT2D eigenvalue weighted by molar-refractivity contribution is -0.128. The van der Waals surface area contributed by atoms with E-state index < -0.39 is 0 Å². The van der Waals surface area contributed by atoms with Gasteiger partial charge in [0.1, 0.15) is 5.78 Å². The number of halogens is 1. The van der Waals surface area contributed by atoms with Crippen molar-refractivity contribution in [3.8, 4) is 0 Å². The van der Waals surface area contributed by atoms with Crippen molar-refractivity contribution in [2.24, 2.45) is 5.41 Å². The number of carbonyl (C=O) groups is 1. The van der Waals surface area contributed by atoms with Crippen LogP contribution in [-0.2, 0) is 11.2 Å². The second kappa shape index (κ2) is 4.98. The molecule has 2 nitrogen and oxygen atoms in total. The number of hydrogen-bond acceptors (Lipinski definition) is 3. The van der Waals surface area contributed by atoms with Gasteiger partial charge in [-0.05, 0) is 54.0 Å². The molecule has 1 fully saturated rings. The lowest BCUT2D eigenvalue weighted by Crippen LogP contribution is -2.40. The third kappa shape index (κ3) is 2.73. The van der Waals surface area contributed by atoms with Crippen LogP contribution in [0.5, 0.6) is 0 Å². The van der Waals surface area contributed by atoms with Crippen molar-refractivity contribution in [1.82, 2.24) is 5.32 Å². The molecule has 0 amide bonds. The summed E-state index contributed by atoms with van der Waals surface area (Å²) in [5.74, 6) is 0.392. The second-order valence-corrected chi connectivity index (χ2v) is 7.16. The summed E-state index contributed by atoms with van der Waals surface area (Å²) in [6.07, 6.45) is 2.53. The topological polar surface area (TPSA) is 29.1 Å². The molecule has 1 aromatic heterocycles. The summed E-state index contributed by atoms with van der Waals surface area (Å²) in [6.45, 7) is 4.05. The molecule has 1 saturated heterocycles. The van der Waals surface area contributed by atoms with E-state index >= 15 is 0 Å². The molecule has 0 atom stereocenters. The lowest BCUT2D eigenvalue weighted by Gasteiger charge is -2.32. The third-order valence-electron chi connectivity index (χ3n) is 3.34. The summed E-state index contributed by atoms with van der Waals surface area (Å²) in [6, 6.07) is 4.05. The van der Waals surface area contributed by atoms with E-state index in [1.54, 1.807) is 11.3 Å². The Morgan fingerprint density at radius 2 is 2.19 bits per heavy atom. The van der Waals surface area contributed by atoms with Crippen LogP contribution < -0.4 is 5.32 Å². The van der Waals surface area contributed by atoms with Crippen molar-refractivity contribution in [3.05, 3.63) is 20.8 Å². The smallest absolute Gasteiger partial charge is 0.144 e. The number of ketones is 1. The predicted octanol–water partition coefficient (Wildman–Crippen LogP) is 3.01. The van der Waals surface area contributed by atoms with Crippen LogP contribution in [-0.4, -0.2) is 18.9 Å². The number of Topliss-reactive ketones (excluding diaryl/α,β-unsaturated/α-hetero) is 1. The van der Waals surface area contributed by atoms with Gasteiger partial charge in [0.2, 0.25) is 0 Å². The molecule has 0 radical (unpaired) electrons. The van der Waals surface area contributed by atoms with E-state index in [4.69, 9.17) is 0 Å². The largest absolute Gasteiger partial charge is 0.317 e. The first-order valence-corrected chi connectivity index (χ1v) is 7.19. The quantitative estimate of drug-likeness (QED) is 0.930. The lowest BCUT2D eigenvalue weighted by atomic mass is 9.76. The van der Waals surface area contributed by atoms with E-state index in [0.717, 1.165) is 34.6 Å². The Morgan fingerprint density at radius 1 is 1.50 bits per heavy atom. The van der Waals surface area contributed by atoms with Crippen LogP contribution in [0.4, 0.5) is 0 Å². The average Bonchev–Trinajstić information content (AvgIpc) is 2.65. The molecule has 1 N–H and O–H groups in total. The van der Waals surface area contributed by atoms with Gasteiger partial charge in [0.05, 0.1) is 3.79 Å². The highest BCUT2D eigenvalue weighted by Gasteiger charge is 2.34. The van der Waals surface area contributed by atoms with Gasteiger partial charge in [-0.2, -0.15) is 0 Å². The average molecular weight is 302 g/mol. The molecule has 0 aromatic carbocycles. The van der Waals surface area contributed by atoms with Crippen molar-refractivity contribution in [2.75, 3.05) is 13.1 Å². The zero-order chi connectivity index (χ0) is 11.6. The SMILES string of the molecule is CC1(C(=O)Cc2ccc(Br)s2)CCNCC1. The normalized spacial score (nSPS) is 19.6. The van der Waals surface area contributed by atoms with Crippen molar-refractivity contribution in [3.63, 3.8) is 0 Å². The Bertz CT molecular complexity index is 382. The Hall–Kier alpha value is -0.190. The molecule has 16 heavy (non-hydrogen) atoms. The second-order valence-electron chi connectivity index (χ2n) is 4.62. The number of carbonyl (C=O) groups excluding carboxylic acids is 1. The standard InChI is InChI=1S/C12H16BrNOS/c1-12(4-6-14-7-5-12)10(15)8-9-2-3-11(13)16-9/h2-3,14H,4-8H2,1H3. The fourth-order valence-corrected chi connectivity index (χ4v) is 3.56. The summed E-state index contributed by atoms with van der Waals surface area (Å²) in [5, 5.41) is 3.31. The van der Waals surface area contributed by atoms with Gasteiger partial charge >= 0.3 is 0 Å². The van der Waals surface area contributed by atoms with Gasteiger partial charge in [-0.25, -0.2) is 0 Å². The zero-order valence-electron chi connectivity index (χ0n) is 9.38. The van der Waals surface area contributed by atoms with Gasteiger partial charge in [0.15, 0.2) is 0 Å². The highest BCUT2D eigenvalue weighted by Crippen LogP contribution is 2.32. The molecule has 1 aliphatic heterocycles. The maximum Gasteiger partial charge on any atom is 0.144 e. The van der Waals surface area contributed by atoms with E-state index in [9.17, 15) is 4.79 Å². The Morgan fingerprint density at radius 3 is 2.75 bits per heavy atom. The molecular weight excluding hydrogens is 286 g/mol. The molecule has 0 bridgehead atoms. The van der Waals surface area contributed by atoms with Crippen LogP contribution >= 0.6 is 27.3 Å². The molecule has 2 rings (SSSR count). The van der Waals surface area contributed by atoms with Gasteiger partial charge in [-0.15, -0.1) is 11.3 Å². The van der Waals surface area contributed by atoms with E-state index in [2.05, 4.69) is 28.2 Å². The molecule has 1 aliphatic rings. The van der Waals surface area contributed by atoms with Crippen LogP contribution in [0.1, 0.15) is 24.6 Å². The zero-order valence-corrected chi connectivity index (χ0v) is 11.8. The summed E-state index contributed by atoms with van der Waals surface area (Å²) in [4.78, 5) is 13.4. The summed E-state index contributed by atoms with van der Waals surface area (Å²) in [7, 11) is 0. The summed E-state index contributed by atoms with van der Waals surface area (Å²) in [5.41, 5.74) is -0.109. The van der Waals surface area contributed by atoms with Crippen LogP contribution in [0.3, 0.4) is 0 Å². The molecule has 0 saturated carbocycles. The van der Waals surface area contributed by atoms with Crippen molar-refractivity contribution in [1.29, 1.82) is 0 Å². The molecule has 4 heteroatoms. The fraction of sp³-hybridized carbons (Fsp3) is 0.583. The minimum absolute atomic E-state index is 0.109. The monoisotopic (exact) mass is 301 g/mol. The number of piperidine rings is 1. The van der Waals surface area contributed by atoms with Crippen LogP contribution in [0.2, 0.25) is 0 Å². The van der Waals surface area contributed by atoms with E-state index in [0.29, 0.717) is 12.2 Å². The predicted molar refractivity (Wildman–Crippen MR) is 70.9 cm³/mol. The molecule has 0 aliphatic carbocycles. The van der Waals surface area contributed by atoms with Gasteiger partial charge in [0.25, 0.3) is 0 Å². The molecule has 2 heterocycles. The minimum Gasteiger partial charge on any atom is -0.317 e. The third-order valence-corrected chi connectivity index (χ3v) is 4.97. The number of nitrogens with one attached hydrogen (secondary N) is 1. The first kappa shape index (κ1) is 12.3. The van der Waals surface area contributed by atoms with E-state index in [1.807, 2.05) is 12.1 Å². The Kier molecular flexibility index (Phi) is 3.82. The maximum absolute atomic E-state index is 12.3. The molecule has 1 aromatic rings. The summed E-state index contributed by atoms with van der Waals surface area (Å²) >= 11 is 5.09. The molecular formula is C12H16BrNOS. The van der Waals surface area contributed by atoms with Crippen molar-refractivity contribution >= 4 is 33.0 Å². The van der Waals surface area contributed by atoms with E-state index in [-0.39, 0.29) is 5.41 Å². The molecule has 0 spiro atoms. The Labute approximate surface area is 109 Å². The van der Waals surface area contributed by atoms with Gasteiger partial charge in [-0.3, -0.25) is 4.79 Å². The number of thiophene rings is 1. The fourth-order valence-electron chi connectivity index (χ4n) is 2.08. The molecule has 0 unspecified atom stereocenters. The summed E-state index contributed by atoms with van der Waals surface area (Å²) < 4.78 is 1.10. The minimum atomic E-state index is -0.109. The number of hydrogen-bond donors (Lipinski definition) is 1. The van der Waals surface area contributed by atoms with Gasteiger partial charge < -0.3 is 5.32 Å². The first-order chi connectivity index (χ1) is 7.60. The molecule has 88 valence electrons. The van der Waals surface area contributed by atoms with Crippen LogP contribution in [0.15, 0.2) is 15.9 Å². The highest BCUT2D eigenvalue weighted by molar-refractivity contribution is 9.11. The number of rotatable bonds is 3. The maximum atomic E-state index is 12.3. The highest BCUT2D eigenvalue weighted by atomic mass is 79.9. The Balaban J connectivity index is 2.01. The first-order valence-electron chi connectivity index (χ1n) is 5.58. The van der Waals surface area contributed by atoms with Crippen molar-refractivity contribution in [2.45, 2.75) is 26.2 Å². The van der Waals surface area contributed by atoms with Crippen LogP contribution in [0.25, 0.3) is 0 Å². The van der Waals surface area contributed by atoms with Gasteiger partial charge in [0, 0.05) is 16.7 Å².